The van der Waals surface area contributed by atoms with E-state index in [1.165, 1.54) is 17.0 Å². The third-order valence-electron chi connectivity index (χ3n) is 5.19. The third kappa shape index (κ3) is 5.95. The molecule has 3 heterocycles. The van der Waals surface area contributed by atoms with Crippen molar-refractivity contribution in [3.05, 3.63) is 77.9 Å². The minimum atomic E-state index is -4.41. The normalized spacial score (nSPS) is 15.3. The molecule has 2 aromatic heterocycles. The first-order valence-electron chi connectivity index (χ1n) is 10.5. The van der Waals surface area contributed by atoms with Gasteiger partial charge in [0.1, 0.15) is 5.69 Å². The topological polar surface area (TPSA) is 126 Å². The molecule has 0 radical (unpaired) electrons. The van der Waals surface area contributed by atoms with Gasteiger partial charge in [-0.3, -0.25) is 14.5 Å². The van der Waals surface area contributed by atoms with Crippen molar-refractivity contribution in [1.82, 2.24) is 14.8 Å². The van der Waals surface area contributed by atoms with Gasteiger partial charge in [0.25, 0.3) is 5.91 Å². The number of carbonyl (C=O) groups excluding carboxylic acids is 1. The number of carboxylic acid groups (broad SMARTS) is 2. The summed E-state index contributed by atoms with van der Waals surface area (Å²) in [5.74, 6) is -2.81. The van der Waals surface area contributed by atoms with Crippen molar-refractivity contribution in [2.24, 2.45) is 0 Å². The van der Waals surface area contributed by atoms with Gasteiger partial charge in [-0.2, -0.15) is 18.3 Å². The molecule has 1 aliphatic rings. The molecular formula is C24H21F3N4O5. The van der Waals surface area contributed by atoms with Crippen molar-refractivity contribution in [2.45, 2.75) is 26.1 Å². The van der Waals surface area contributed by atoms with Gasteiger partial charge < -0.3 is 15.1 Å². The zero-order valence-corrected chi connectivity index (χ0v) is 19.1. The third-order valence-corrected chi connectivity index (χ3v) is 5.19. The molecule has 0 aliphatic carbocycles. The number of rotatable bonds is 4. The van der Waals surface area contributed by atoms with E-state index >= 15 is 0 Å². The van der Waals surface area contributed by atoms with Crippen LogP contribution in [-0.4, -0.2) is 49.4 Å². The Hall–Kier alpha value is -4.48. The van der Waals surface area contributed by atoms with Gasteiger partial charge in [0.05, 0.1) is 17.8 Å². The van der Waals surface area contributed by atoms with Crippen LogP contribution in [0.1, 0.15) is 34.7 Å². The molecule has 4 rings (SSSR count). The van der Waals surface area contributed by atoms with Crippen molar-refractivity contribution in [1.29, 1.82) is 0 Å². The number of benzene rings is 1. The average molecular weight is 502 g/mol. The molecule has 1 atom stereocenters. The number of hydrogen-bond acceptors (Lipinski definition) is 5. The number of aliphatic carboxylic acids is 2. The van der Waals surface area contributed by atoms with Crippen LogP contribution < -0.4 is 4.90 Å². The Kier molecular flexibility index (Phi) is 7.56. The van der Waals surface area contributed by atoms with E-state index in [-0.39, 0.29) is 11.9 Å². The minimum absolute atomic E-state index is 0.119. The first-order chi connectivity index (χ1) is 16.9. The molecule has 0 fully saturated rings. The zero-order valence-electron chi connectivity index (χ0n) is 19.1. The Balaban J connectivity index is 0.000000392. The lowest BCUT2D eigenvalue weighted by molar-refractivity contribution is -0.137. The van der Waals surface area contributed by atoms with E-state index in [4.69, 9.17) is 10.2 Å². The summed E-state index contributed by atoms with van der Waals surface area (Å²) < 4.78 is 40.2. The quantitative estimate of drug-likeness (QED) is 0.512. The molecule has 188 valence electrons. The molecule has 0 saturated heterocycles. The van der Waals surface area contributed by atoms with Gasteiger partial charge >= 0.3 is 18.1 Å². The summed E-state index contributed by atoms with van der Waals surface area (Å²) in [6.07, 6.45) is 0.0151. The van der Waals surface area contributed by atoms with E-state index in [9.17, 15) is 27.6 Å². The lowest BCUT2D eigenvalue weighted by atomic mass is 10.0. The van der Waals surface area contributed by atoms with Crippen LogP contribution in [0.3, 0.4) is 0 Å². The van der Waals surface area contributed by atoms with Crippen molar-refractivity contribution in [3.63, 3.8) is 0 Å². The van der Waals surface area contributed by atoms with E-state index in [0.717, 1.165) is 23.4 Å². The van der Waals surface area contributed by atoms with Gasteiger partial charge in [-0.05, 0) is 55.8 Å². The number of amides is 1. The van der Waals surface area contributed by atoms with E-state index in [2.05, 4.69) is 10.1 Å². The first kappa shape index (κ1) is 26.1. The van der Waals surface area contributed by atoms with Crippen LogP contribution in [-0.2, 0) is 15.8 Å². The number of aryl methyl sites for hydroxylation is 1. The van der Waals surface area contributed by atoms with E-state index in [0.29, 0.717) is 35.6 Å². The number of halogens is 3. The Morgan fingerprint density at radius 1 is 1.08 bits per heavy atom. The van der Waals surface area contributed by atoms with Crippen molar-refractivity contribution < 1.29 is 37.8 Å². The maximum Gasteiger partial charge on any atom is 0.416 e. The molecule has 36 heavy (non-hydrogen) atoms. The predicted molar refractivity (Wildman–Crippen MR) is 122 cm³/mol. The van der Waals surface area contributed by atoms with Gasteiger partial charge in [0.15, 0.2) is 0 Å². The summed E-state index contributed by atoms with van der Waals surface area (Å²) >= 11 is 0. The van der Waals surface area contributed by atoms with Crippen LogP contribution in [0.2, 0.25) is 0 Å². The largest absolute Gasteiger partial charge is 0.478 e. The fraction of sp³-hybridized carbons (Fsp3) is 0.208. The molecule has 2 N–H and O–H groups in total. The number of alkyl halides is 3. The maximum atomic E-state index is 13.2. The van der Waals surface area contributed by atoms with Gasteiger partial charge in [0, 0.05) is 41.8 Å². The maximum absolute atomic E-state index is 13.2. The Morgan fingerprint density at radius 3 is 2.22 bits per heavy atom. The van der Waals surface area contributed by atoms with Crippen LogP contribution in [0.4, 0.5) is 18.9 Å². The summed E-state index contributed by atoms with van der Waals surface area (Å²) in [5, 5.41) is 20.0. The number of nitrogens with zero attached hydrogens (tertiary/aromatic N) is 4. The highest BCUT2D eigenvalue weighted by Gasteiger charge is 2.35. The number of carbonyl (C=O) groups is 3. The van der Waals surface area contributed by atoms with Gasteiger partial charge in [-0.25, -0.2) is 9.59 Å². The number of anilines is 1. The lowest BCUT2D eigenvalue weighted by Gasteiger charge is -2.32. The highest BCUT2D eigenvalue weighted by atomic mass is 19.4. The number of aromatic nitrogens is 3. The SMILES string of the molecule is Cc1cc(-c2cnn3c2C(=O)N(c2ccc(C(F)(F)F)cc2)CC3C)ccn1.O=C(O)/C=C\C(=O)O. The van der Waals surface area contributed by atoms with Crippen LogP contribution in [0.5, 0.6) is 0 Å². The smallest absolute Gasteiger partial charge is 0.416 e. The zero-order chi connectivity index (χ0) is 26.6. The summed E-state index contributed by atoms with van der Waals surface area (Å²) in [7, 11) is 0. The van der Waals surface area contributed by atoms with Crippen molar-refractivity contribution in [3.8, 4) is 11.1 Å². The Morgan fingerprint density at radius 2 is 1.69 bits per heavy atom. The molecule has 1 aliphatic heterocycles. The molecule has 0 saturated carbocycles. The molecule has 1 unspecified atom stereocenters. The van der Waals surface area contributed by atoms with Gasteiger partial charge in [-0.1, -0.05) is 0 Å². The van der Waals surface area contributed by atoms with E-state index < -0.39 is 23.7 Å². The Labute approximate surface area is 203 Å². The van der Waals surface area contributed by atoms with Crippen LogP contribution in [0.15, 0.2) is 60.9 Å². The molecule has 3 aromatic rings. The van der Waals surface area contributed by atoms with Gasteiger partial charge in [-0.15, -0.1) is 0 Å². The molecule has 0 spiro atoms. The number of carboxylic acids is 2. The molecule has 12 heteroatoms. The second kappa shape index (κ2) is 10.4. The Bertz CT molecular complexity index is 1300. The van der Waals surface area contributed by atoms with Crippen LogP contribution >= 0.6 is 0 Å². The first-order valence-corrected chi connectivity index (χ1v) is 10.5. The molecule has 1 amide bonds. The van der Waals surface area contributed by atoms with E-state index in [1.54, 1.807) is 23.1 Å². The fourth-order valence-electron chi connectivity index (χ4n) is 3.58. The number of pyridine rings is 1. The highest BCUT2D eigenvalue weighted by Crippen LogP contribution is 2.34. The molecule has 0 bridgehead atoms. The molecular weight excluding hydrogens is 481 g/mol. The average Bonchev–Trinajstić information content (AvgIpc) is 3.26. The summed E-state index contributed by atoms with van der Waals surface area (Å²) in [6.45, 7) is 4.10. The number of hydrogen-bond donors (Lipinski definition) is 2. The second-order valence-electron chi connectivity index (χ2n) is 7.86. The monoisotopic (exact) mass is 502 g/mol. The second-order valence-corrected chi connectivity index (χ2v) is 7.86. The minimum Gasteiger partial charge on any atom is -0.478 e. The van der Waals surface area contributed by atoms with Crippen molar-refractivity contribution in [2.75, 3.05) is 11.4 Å². The van der Waals surface area contributed by atoms with Crippen LogP contribution in [0, 0.1) is 6.92 Å². The summed E-state index contributed by atoms with van der Waals surface area (Å²) in [5.41, 5.74) is 2.42. The van der Waals surface area contributed by atoms with Crippen molar-refractivity contribution >= 4 is 23.5 Å². The molecule has 1 aromatic carbocycles. The predicted octanol–water partition coefficient (Wildman–Crippen LogP) is 4.21. The summed E-state index contributed by atoms with van der Waals surface area (Å²) in [4.78, 5) is 38.0. The fourth-order valence-corrected chi connectivity index (χ4v) is 3.58. The standard InChI is InChI=1S/C20H17F3N4O.C4H4O4/c1-12-9-14(7-8-24-12)17-10-25-27-13(2)11-26(19(28)18(17)27)16-5-3-15(4-6-16)20(21,22)23;5-3(6)1-2-4(7)8/h3-10,13H,11H2,1-2H3;1-2H,(H,5,6)(H,7,8)/b;2-1-. The van der Waals surface area contributed by atoms with Crippen LogP contribution in [0.25, 0.3) is 11.1 Å². The van der Waals surface area contributed by atoms with Gasteiger partial charge in [0.2, 0.25) is 0 Å². The summed E-state index contributed by atoms with van der Waals surface area (Å²) in [6, 6.07) is 8.20. The van der Waals surface area contributed by atoms with E-state index in [1.807, 2.05) is 19.9 Å². The molecule has 9 nitrogen and oxygen atoms in total. The highest BCUT2D eigenvalue weighted by molar-refractivity contribution is 6.09. The lowest BCUT2D eigenvalue weighted by Crippen LogP contribution is -2.42. The number of fused-ring (bicyclic) bond motifs is 1.